The van der Waals surface area contributed by atoms with E-state index in [0.717, 1.165) is 5.56 Å². The summed E-state index contributed by atoms with van der Waals surface area (Å²) in [5.74, 6) is 0.410. The molecule has 0 bridgehead atoms. The molecule has 2 rings (SSSR count). The summed E-state index contributed by atoms with van der Waals surface area (Å²) in [6.07, 6.45) is 2.42. The molecule has 0 saturated heterocycles. The number of hydrogen-bond acceptors (Lipinski definition) is 3. The molecule has 0 radical (unpaired) electrons. The lowest BCUT2D eigenvalue weighted by atomic mass is 10.0. The Morgan fingerprint density at radius 2 is 1.79 bits per heavy atom. The van der Waals surface area contributed by atoms with Gasteiger partial charge in [-0.25, -0.2) is 13.1 Å². The normalized spacial score (nSPS) is 15.9. The molecule has 1 aliphatic rings. The molecule has 2 N–H and O–H groups in total. The van der Waals surface area contributed by atoms with Crippen molar-refractivity contribution < 1.29 is 8.42 Å². The topological polar surface area (TPSA) is 58.2 Å². The molecule has 0 heterocycles. The number of hydrogen-bond donors (Lipinski definition) is 2. The third kappa shape index (κ3) is 4.30. The van der Waals surface area contributed by atoms with Gasteiger partial charge in [-0.1, -0.05) is 26.0 Å². The Kier molecular flexibility index (Phi) is 4.60. The molecule has 5 heteroatoms. The minimum absolute atomic E-state index is 0.336. The molecule has 1 aromatic rings. The first-order valence-corrected chi connectivity index (χ1v) is 8.30. The molecule has 0 unspecified atom stereocenters. The van der Waals surface area contributed by atoms with Gasteiger partial charge < -0.3 is 5.32 Å². The van der Waals surface area contributed by atoms with Gasteiger partial charge >= 0.3 is 0 Å². The fourth-order valence-corrected chi connectivity index (χ4v) is 2.90. The first kappa shape index (κ1) is 14.5. The van der Waals surface area contributed by atoms with Crippen molar-refractivity contribution in [2.45, 2.75) is 43.5 Å². The van der Waals surface area contributed by atoms with Crippen LogP contribution in [0, 0.1) is 0 Å². The zero-order valence-electron chi connectivity index (χ0n) is 11.5. The Morgan fingerprint density at radius 1 is 1.16 bits per heavy atom. The third-order valence-electron chi connectivity index (χ3n) is 3.28. The van der Waals surface area contributed by atoms with E-state index >= 15 is 0 Å². The van der Waals surface area contributed by atoms with E-state index in [0.29, 0.717) is 29.9 Å². The molecule has 1 fully saturated rings. The molecule has 106 valence electrons. The minimum Gasteiger partial charge on any atom is -0.313 e. The van der Waals surface area contributed by atoms with E-state index in [1.165, 1.54) is 12.8 Å². The summed E-state index contributed by atoms with van der Waals surface area (Å²) < 4.78 is 26.7. The van der Waals surface area contributed by atoms with Crippen molar-refractivity contribution in [2.75, 3.05) is 13.1 Å². The number of benzene rings is 1. The predicted molar refractivity (Wildman–Crippen MR) is 76.7 cm³/mol. The Bertz CT molecular complexity index is 505. The molecule has 0 aromatic heterocycles. The lowest BCUT2D eigenvalue weighted by Gasteiger charge is -2.09. The second kappa shape index (κ2) is 6.03. The molecule has 0 spiro atoms. The van der Waals surface area contributed by atoms with Crippen LogP contribution in [0.3, 0.4) is 0 Å². The second-order valence-electron chi connectivity index (χ2n) is 5.35. The van der Waals surface area contributed by atoms with Crippen molar-refractivity contribution in [3.63, 3.8) is 0 Å². The predicted octanol–water partition coefficient (Wildman–Crippen LogP) is 1.84. The number of sulfonamides is 1. The van der Waals surface area contributed by atoms with E-state index in [9.17, 15) is 8.42 Å². The summed E-state index contributed by atoms with van der Waals surface area (Å²) in [5, 5.41) is 3.28. The van der Waals surface area contributed by atoms with Crippen LogP contribution in [0.5, 0.6) is 0 Å². The highest BCUT2D eigenvalue weighted by Gasteiger charge is 2.20. The van der Waals surface area contributed by atoms with Gasteiger partial charge in [0.1, 0.15) is 0 Å². The smallest absolute Gasteiger partial charge is 0.240 e. The quantitative estimate of drug-likeness (QED) is 0.750. The van der Waals surface area contributed by atoms with E-state index in [1.807, 2.05) is 12.1 Å². The monoisotopic (exact) mass is 282 g/mol. The summed E-state index contributed by atoms with van der Waals surface area (Å²) in [7, 11) is -3.37. The van der Waals surface area contributed by atoms with Crippen LogP contribution in [-0.4, -0.2) is 27.5 Å². The average Bonchev–Trinajstić information content (AvgIpc) is 3.19. The molecule has 4 nitrogen and oxygen atoms in total. The van der Waals surface area contributed by atoms with Crippen molar-refractivity contribution in [3.8, 4) is 0 Å². The van der Waals surface area contributed by atoms with Gasteiger partial charge in [-0.05, 0) is 36.5 Å². The highest BCUT2D eigenvalue weighted by Crippen LogP contribution is 2.18. The summed E-state index contributed by atoms with van der Waals surface area (Å²) in [6, 6.07) is 7.70. The fourth-order valence-electron chi connectivity index (χ4n) is 1.86. The van der Waals surface area contributed by atoms with Crippen LogP contribution in [-0.2, 0) is 10.0 Å². The molecular formula is C14H22N2O2S. The van der Waals surface area contributed by atoms with E-state index in [4.69, 9.17) is 0 Å². The van der Waals surface area contributed by atoms with Gasteiger partial charge in [0.15, 0.2) is 0 Å². The van der Waals surface area contributed by atoms with Gasteiger partial charge in [0.05, 0.1) is 4.90 Å². The number of nitrogens with one attached hydrogen (secondary N) is 2. The van der Waals surface area contributed by atoms with E-state index < -0.39 is 10.0 Å². The van der Waals surface area contributed by atoms with Crippen molar-refractivity contribution in [3.05, 3.63) is 29.8 Å². The van der Waals surface area contributed by atoms with Gasteiger partial charge in [0, 0.05) is 19.1 Å². The van der Waals surface area contributed by atoms with E-state index in [1.54, 1.807) is 12.1 Å². The van der Waals surface area contributed by atoms with E-state index in [2.05, 4.69) is 23.9 Å². The first-order valence-electron chi connectivity index (χ1n) is 6.82. The first-order chi connectivity index (χ1) is 8.99. The third-order valence-corrected chi connectivity index (χ3v) is 4.76. The maximum Gasteiger partial charge on any atom is 0.240 e. The molecule has 19 heavy (non-hydrogen) atoms. The Hall–Kier alpha value is -0.910. The van der Waals surface area contributed by atoms with Gasteiger partial charge in [-0.15, -0.1) is 0 Å². The molecule has 1 saturated carbocycles. The highest BCUT2D eigenvalue weighted by atomic mass is 32.2. The molecule has 1 aliphatic carbocycles. The van der Waals surface area contributed by atoms with Crippen LogP contribution in [0.15, 0.2) is 29.2 Å². The summed E-state index contributed by atoms with van der Waals surface area (Å²) in [5.41, 5.74) is 1.15. The molecule has 1 aromatic carbocycles. The SMILES string of the molecule is CC(C)c1ccc(S(=O)(=O)NCCNC2CC2)cc1. The van der Waals surface area contributed by atoms with Gasteiger partial charge in [0.25, 0.3) is 0 Å². The Morgan fingerprint density at radius 3 is 2.32 bits per heavy atom. The molecule has 0 aliphatic heterocycles. The van der Waals surface area contributed by atoms with Gasteiger partial charge in [-0.3, -0.25) is 0 Å². The fraction of sp³-hybridized carbons (Fsp3) is 0.571. The molecule has 0 amide bonds. The Balaban J connectivity index is 1.89. The largest absolute Gasteiger partial charge is 0.313 e. The van der Waals surface area contributed by atoms with Crippen molar-refractivity contribution in [2.24, 2.45) is 0 Å². The second-order valence-corrected chi connectivity index (χ2v) is 7.12. The average molecular weight is 282 g/mol. The zero-order chi connectivity index (χ0) is 13.9. The van der Waals surface area contributed by atoms with E-state index in [-0.39, 0.29) is 0 Å². The lowest BCUT2D eigenvalue weighted by Crippen LogP contribution is -2.32. The van der Waals surface area contributed by atoms with Gasteiger partial charge in [0.2, 0.25) is 10.0 Å². The summed E-state index contributed by atoms with van der Waals surface area (Å²) in [6.45, 7) is 5.30. The lowest BCUT2D eigenvalue weighted by molar-refractivity contribution is 0.575. The van der Waals surface area contributed by atoms with Crippen LogP contribution in [0.4, 0.5) is 0 Å². The molecular weight excluding hydrogens is 260 g/mol. The highest BCUT2D eigenvalue weighted by molar-refractivity contribution is 7.89. The Labute approximate surface area is 115 Å². The van der Waals surface area contributed by atoms with Crippen LogP contribution in [0.2, 0.25) is 0 Å². The zero-order valence-corrected chi connectivity index (χ0v) is 12.3. The van der Waals surface area contributed by atoms with Crippen LogP contribution >= 0.6 is 0 Å². The maximum atomic E-state index is 12.0. The maximum absolute atomic E-state index is 12.0. The van der Waals surface area contributed by atoms with Crippen LogP contribution < -0.4 is 10.0 Å². The van der Waals surface area contributed by atoms with Crippen LogP contribution in [0.1, 0.15) is 38.2 Å². The standard InChI is InChI=1S/C14H22N2O2S/c1-11(2)12-3-7-14(8-4-12)19(17,18)16-10-9-15-13-5-6-13/h3-4,7-8,11,13,15-16H,5-6,9-10H2,1-2H3. The molecule has 0 atom stereocenters. The van der Waals surface area contributed by atoms with Gasteiger partial charge in [-0.2, -0.15) is 0 Å². The van der Waals surface area contributed by atoms with Crippen molar-refractivity contribution >= 4 is 10.0 Å². The van der Waals surface area contributed by atoms with Crippen molar-refractivity contribution in [1.29, 1.82) is 0 Å². The minimum atomic E-state index is -3.37. The summed E-state index contributed by atoms with van der Waals surface area (Å²) in [4.78, 5) is 0.336. The number of rotatable bonds is 7. The van der Waals surface area contributed by atoms with Crippen LogP contribution in [0.25, 0.3) is 0 Å². The van der Waals surface area contributed by atoms with Crippen molar-refractivity contribution in [1.82, 2.24) is 10.0 Å². The summed E-state index contributed by atoms with van der Waals surface area (Å²) >= 11 is 0.